The van der Waals surface area contributed by atoms with E-state index in [1.165, 1.54) is 37.8 Å². The van der Waals surface area contributed by atoms with Crippen molar-refractivity contribution in [3.8, 4) is 5.75 Å². The molecule has 11 heteroatoms. The number of fused-ring (bicyclic) bond motifs is 4. The van der Waals surface area contributed by atoms with Gasteiger partial charge in [0.05, 0.1) is 10.9 Å². The van der Waals surface area contributed by atoms with Crippen molar-refractivity contribution in [2.75, 3.05) is 57.8 Å². The summed E-state index contributed by atoms with van der Waals surface area (Å²) in [5, 5.41) is -0.0452. The zero-order valence-electron chi connectivity index (χ0n) is 31.9. The number of allylic oxidation sites excluding steroid dienone is 1. The maximum atomic E-state index is 13.6. The summed E-state index contributed by atoms with van der Waals surface area (Å²) < 4.78 is 43.0. The fourth-order valence-corrected chi connectivity index (χ4v) is 11.0. The second-order valence-corrected chi connectivity index (χ2v) is 18.9. The summed E-state index contributed by atoms with van der Waals surface area (Å²) in [4.78, 5) is 21.4. The van der Waals surface area contributed by atoms with E-state index in [4.69, 9.17) is 21.1 Å². The molecule has 1 aliphatic carbocycles. The van der Waals surface area contributed by atoms with E-state index in [9.17, 15) is 13.2 Å². The van der Waals surface area contributed by atoms with E-state index in [-0.39, 0.29) is 5.92 Å². The second-order valence-electron chi connectivity index (χ2n) is 16.5. The molecule has 1 saturated carbocycles. The molecule has 2 bridgehead atoms. The first-order chi connectivity index (χ1) is 25.5. The first kappa shape index (κ1) is 38.6. The van der Waals surface area contributed by atoms with Crippen LogP contribution in [0.2, 0.25) is 5.02 Å². The van der Waals surface area contributed by atoms with E-state index < -0.39 is 26.8 Å². The summed E-state index contributed by atoms with van der Waals surface area (Å²) in [6.07, 6.45) is 15.2. The average Bonchev–Trinajstić information content (AvgIpc) is 3.38. The molecule has 9 nitrogen and oxygen atoms in total. The number of amides is 1. The van der Waals surface area contributed by atoms with Gasteiger partial charge in [-0.2, -0.15) is 0 Å². The second kappa shape index (κ2) is 16.6. The van der Waals surface area contributed by atoms with E-state index in [1.807, 2.05) is 44.4 Å². The fourth-order valence-electron chi connectivity index (χ4n) is 9.52. The van der Waals surface area contributed by atoms with E-state index in [0.29, 0.717) is 42.2 Å². The van der Waals surface area contributed by atoms with Gasteiger partial charge in [0.15, 0.2) is 0 Å². The highest BCUT2D eigenvalue weighted by Gasteiger charge is 2.49. The third-order valence-electron chi connectivity index (χ3n) is 13.2. The van der Waals surface area contributed by atoms with Gasteiger partial charge < -0.3 is 14.4 Å². The van der Waals surface area contributed by atoms with Gasteiger partial charge in [-0.05, 0) is 124 Å². The van der Waals surface area contributed by atoms with Gasteiger partial charge in [0.1, 0.15) is 18.0 Å². The quantitative estimate of drug-likeness (QED) is 0.332. The predicted octanol–water partition coefficient (Wildman–Crippen LogP) is 7.08. The number of sulfonamides is 1. The lowest BCUT2D eigenvalue weighted by molar-refractivity contribution is -0.0986. The molecule has 5 aliphatic rings. The van der Waals surface area contributed by atoms with Gasteiger partial charge in [-0.1, -0.05) is 49.6 Å². The zero-order valence-corrected chi connectivity index (χ0v) is 33.5. The largest absolute Gasteiger partial charge is 0.487 e. The Morgan fingerprint density at radius 1 is 0.943 bits per heavy atom. The Labute approximate surface area is 322 Å². The Hall–Kier alpha value is -2.63. The molecule has 53 heavy (non-hydrogen) atoms. The molecule has 0 unspecified atom stereocenters. The SMILES string of the molecule is CO[C@]1(CN2CCN3CCCCC[C@@H]3C2)/C=C/C[C@H](C)[C@@H](C)S(=O)(=O)NC(=O)c2ccc3c(c2)N(CCCCc2cc(Cl)ccc2CO3)C[C@@H]2CC[C@H]21. The minimum Gasteiger partial charge on any atom is -0.487 e. The van der Waals surface area contributed by atoms with Crippen LogP contribution in [0.5, 0.6) is 5.75 Å². The standard InChI is InChI=1S/C42H59ClN4O5S/c1-30-10-9-19-42(51-3,29-45-22-23-46-20-7-4-5-12-37(46)27-45)38-17-14-34(38)26-47-21-8-6-11-32-24-36(43)16-13-35(32)28-52-40-18-15-33(25-39(40)47)41(48)44-53(49,50)31(30)2/h9,13,15-16,18-19,24-25,30-31,34,37-38H,4-8,10-12,14,17,20-23,26-29H2,1-3H3,(H,44,48)/b19-9+/t30-,31+,34-,37+,38+,42-/m0/s1. The average molecular weight is 767 g/mol. The van der Waals surface area contributed by atoms with Gasteiger partial charge in [-0.15, -0.1) is 0 Å². The summed E-state index contributed by atoms with van der Waals surface area (Å²) in [5.41, 5.74) is 2.93. The molecule has 4 aliphatic heterocycles. The van der Waals surface area contributed by atoms with Crippen LogP contribution in [0.3, 0.4) is 0 Å². The summed E-state index contributed by atoms with van der Waals surface area (Å²) in [6.45, 7) is 10.8. The van der Waals surface area contributed by atoms with Crippen LogP contribution in [0, 0.1) is 17.8 Å². The highest BCUT2D eigenvalue weighted by Crippen LogP contribution is 2.47. The van der Waals surface area contributed by atoms with Gasteiger partial charge in [0, 0.05) is 63.0 Å². The zero-order chi connectivity index (χ0) is 37.2. The van der Waals surface area contributed by atoms with Crippen LogP contribution >= 0.6 is 11.6 Å². The molecule has 7 rings (SSSR count). The summed E-state index contributed by atoms with van der Waals surface area (Å²) in [6, 6.07) is 11.9. The summed E-state index contributed by atoms with van der Waals surface area (Å²) in [5.74, 6) is 0.526. The lowest BCUT2D eigenvalue weighted by atomic mass is 9.63. The van der Waals surface area contributed by atoms with E-state index >= 15 is 0 Å². The lowest BCUT2D eigenvalue weighted by Gasteiger charge is -2.52. The predicted molar refractivity (Wildman–Crippen MR) is 212 cm³/mol. The van der Waals surface area contributed by atoms with E-state index in [2.05, 4.69) is 31.6 Å². The third-order valence-corrected chi connectivity index (χ3v) is 15.3. The number of ether oxygens (including phenoxy) is 2. The number of rotatable bonds is 3. The van der Waals surface area contributed by atoms with Crippen LogP contribution in [-0.4, -0.2) is 93.9 Å². The van der Waals surface area contributed by atoms with E-state index in [1.54, 1.807) is 13.0 Å². The summed E-state index contributed by atoms with van der Waals surface area (Å²) in [7, 11) is -2.08. The molecule has 4 heterocycles. The van der Waals surface area contributed by atoms with Crippen molar-refractivity contribution in [1.29, 1.82) is 0 Å². The lowest BCUT2D eigenvalue weighted by Crippen LogP contribution is -2.60. The molecular formula is C42H59ClN4O5S. The van der Waals surface area contributed by atoms with Crippen molar-refractivity contribution in [3.63, 3.8) is 0 Å². The van der Waals surface area contributed by atoms with Crippen molar-refractivity contribution >= 4 is 33.2 Å². The number of aryl methyl sites for hydroxylation is 1. The van der Waals surface area contributed by atoms with Crippen LogP contribution in [0.25, 0.3) is 0 Å². The Bertz CT molecular complexity index is 1750. The number of nitrogens with one attached hydrogen (secondary N) is 1. The first-order valence-corrected chi connectivity index (χ1v) is 22.0. The number of benzene rings is 2. The normalized spacial score (nSPS) is 32.3. The Balaban J connectivity index is 1.24. The number of halogens is 1. The molecule has 1 amide bonds. The van der Waals surface area contributed by atoms with Crippen LogP contribution in [0.1, 0.15) is 93.1 Å². The van der Waals surface area contributed by atoms with Gasteiger partial charge in [0.2, 0.25) is 10.0 Å². The topological polar surface area (TPSA) is 91.4 Å². The van der Waals surface area contributed by atoms with Crippen molar-refractivity contribution < 1.29 is 22.7 Å². The van der Waals surface area contributed by atoms with Crippen LogP contribution in [-0.2, 0) is 27.8 Å². The van der Waals surface area contributed by atoms with Crippen LogP contribution in [0.15, 0.2) is 48.6 Å². The molecular weight excluding hydrogens is 708 g/mol. The van der Waals surface area contributed by atoms with Gasteiger partial charge in [0.25, 0.3) is 5.91 Å². The maximum Gasteiger partial charge on any atom is 0.264 e. The molecule has 290 valence electrons. The van der Waals surface area contributed by atoms with Gasteiger partial charge >= 0.3 is 0 Å². The molecule has 0 aromatic heterocycles. The maximum absolute atomic E-state index is 13.6. The van der Waals surface area contributed by atoms with Crippen molar-refractivity contribution in [2.45, 2.75) is 102 Å². The smallest absolute Gasteiger partial charge is 0.264 e. The fraction of sp³-hybridized carbons (Fsp3) is 0.643. The number of methoxy groups -OCH3 is 1. The molecule has 1 N–H and O–H groups in total. The number of carbonyl (C=O) groups excluding carboxylic acids is 1. The van der Waals surface area contributed by atoms with E-state index in [0.717, 1.165) is 87.6 Å². The monoisotopic (exact) mass is 766 g/mol. The minimum absolute atomic E-state index is 0.209. The first-order valence-electron chi connectivity index (χ1n) is 20.1. The van der Waals surface area contributed by atoms with Gasteiger partial charge in [-0.3, -0.25) is 14.6 Å². The highest BCUT2D eigenvalue weighted by atomic mass is 35.5. The molecule has 6 atom stereocenters. The van der Waals surface area contributed by atoms with Crippen molar-refractivity contribution in [2.24, 2.45) is 17.8 Å². The third kappa shape index (κ3) is 8.62. The number of piperazine rings is 1. The molecule has 2 aromatic carbocycles. The van der Waals surface area contributed by atoms with Crippen LogP contribution in [0.4, 0.5) is 5.69 Å². The number of hydrogen-bond acceptors (Lipinski definition) is 8. The molecule has 0 spiro atoms. The van der Waals surface area contributed by atoms with Crippen molar-refractivity contribution in [3.05, 3.63) is 70.3 Å². The number of carbonyl (C=O) groups is 1. The van der Waals surface area contributed by atoms with Gasteiger partial charge in [-0.25, -0.2) is 13.1 Å². The Kier molecular flexibility index (Phi) is 12.1. The Morgan fingerprint density at radius 3 is 2.60 bits per heavy atom. The Morgan fingerprint density at radius 2 is 1.79 bits per heavy atom. The van der Waals surface area contributed by atoms with Crippen LogP contribution < -0.4 is 14.4 Å². The molecule has 2 saturated heterocycles. The minimum atomic E-state index is -3.95. The van der Waals surface area contributed by atoms with Crippen molar-refractivity contribution in [1.82, 2.24) is 14.5 Å². The molecule has 2 aromatic rings. The molecule has 0 radical (unpaired) electrons. The molecule has 3 fully saturated rings. The highest BCUT2D eigenvalue weighted by molar-refractivity contribution is 7.90. The summed E-state index contributed by atoms with van der Waals surface area (Å²) >= 11 is 6.42. The number of anilines is 1. The number of hydrogen-bond donors (Lipinski definition) is 1. The number of nitrogens with zero attached hydrogens (tertiary/aromatic N) is 3.